The summed E-state index contributed by atoms with van der Waals surface area (Å²) in [6.45, 7) is 0. The molecule has 0 spiro atoms. The van der Waals surface area contributed by atoms with E-state index in [2.05, 4.69) is 36.3 Å². The van der Waals surface area contributed by atoms with Crippen LogP contribution in [0.1, 0.15) is 22.5 Å². The number of likely N-dealkylation sites (N-methyl/N-ethyl adjacent to an activating group) is 1. The number of amides is 2. The molecule has 0 saturated heterocycles. The first-order chi connectivity index (χ1) is 17.9. The molecule has 5 rings (SSSR count). The summed E-state index contributed by atoms with van der Waals surface area (Å²) in [5.74, 6) is -0.0194. The van der Waals surface area contributed by atoms with E-state index < -0.39 is 23.7 Å². The number of rotatable bonds is 8. The topological polar surface area (TPSA) is 147 Å². The number of halogens is 1. The Labute approximate surface area is 209 Å². The summed E-state index contributed by atoms with van der Waals surface area (Å²) in [5, 5.41) is 15.6. The molecule has 0 aliphatic heterocycles. The van der Waals surface area contributed by atoms with Crippen LogP contribution in [-0.2, 0) is 11.2 Å². The second-order valence-corrected chi connectivity index (χ2v) is 8.50. The number of carbonyl (C=O) groups is 2. The molecule has 1 fully saturated rings. The van der Waals surface area contributed by atoms with E-state index in [1.807, 2.05) is 0 Å². The summed E-state index contributed by atoms with van der Waals surface area (Å²) < 4.78 is 16.0. The van der Waals surface area contributed by atoms with E-state index >= 15 is 0 Å². The number of nitrogens with one attached hydrogen (secondary N) is 4. The van der Waals surface area contributed by atoms with Crippen LogP contribution in [0.15, 0.2) is 53.7 Å². The Bertz CT molecular complexity index is 1560. The van der Waals surface area contributed by atoms with Gasteiger partial charge >= 0.3 is 0 Å². The molecule has 190 valence electrons. The van der Waals surface area contributed by atoms with E-state index in [4.69, 9.17) is 0 Å². The zero-order chi connectivity index (χ0) is 26.1. The van der Waals surface area contributed by atoms with Crippen molar-refractivity contribution < 1.29 is 14.0 Å². The van der Waals surface area contributed by atoms with Crippen LogP contribution in [-0.4, -0.2) is 62.3 Å². The van der Waals surface area contributed by atoms with Crippen molar-refractivity contribution in [1.29, 1.82) is 0 Å². The summed E-state index contributed by atoms with van der Waals surface area (Å²) in [6, 6.07) is 7.79. The third kappa shape index (κ3) is 4.83. The molecule has 4 aromatic heterocycles. The largest absolute Gasteiger partial charge is 0.385 e. The van der Waals surface area contributed by atoms with Crippen molar-refractivity contribution >= 4 is 34.7 Å². The Morgan fingerprint density at radius 3 is 2.70 bits per heavy atom. The van der Waals surface area contributed by atoms with Crippen molar-refractivity contribution in [3.05, 3.63) is 70.5 Å². The van der Waals surface area contributed by atoms with Crippen LogP contribution in [0.4, 0.5) is 21.6 Å². The molecule has 1 saturated carbocycles. The minimum Gasteiger partial charge on any atom is -0.385 e. The van der Waals surface area contributed by atoms with Crippen LogP contribution < -0.4 is 26.8 Å². The fraction of sp³-hybridized carbons (Fsp3) is 0.250. The van der Waals surface area contributed by atoms with Crippen molar-refractivity contribution in [1.82, 2.24) is 34.8 Å². The number of nitrogens with zero attached hydrogens (tertiary/aromatic N) is 5. The van der Waals surface area contributed by atoms with E-state index in [0.29, 0.717) is 22.7 Å². The van der Waals surface area contributed by atoms with Gasteiger partial charge in [-0.05, 0) is 29.8 Å². The summed E-state index contributed by atoms with van der Waals surface area (Å²) in [5.41, 5.74) is 1.61. The second-order valence-electron chi connectivity index (χ2n) is 8.50. The first-order valence-electron chi connectivity index (χ1n) is 11.5. The van der Waals surface area contributed by atoms with E-state index in [1.54, 1.807) is 50.6 Å². The lowest BCUT2D eigenvalue weighted by molar-refractivity contribution is -0.119. The highest BCUT2D eigenvalue weighted by molar-refractivity contribution is 5.94. The second kappa shape index (κ2) is 9.68. The van der Waals surface area contributed by atoms with Crippen LogP contribution >= 0.6 is 0 Å². The predicted molar refractivity (Wildman–Crippen MR) is 134 cm³/mol. The molecule has 4 heterocycles. The monoisotopic (exact) mass is 505 g/mol. The van der Waals surface area contributed by atoms with Gasteiger partial charge in [-0.15, -0.1) is 5.10 Å². The maximum atomic E-state index is 13.3. The van der Waals surface area contributed by atoms with Crippen LogP contribution in [0.2, 0.25) is 0 Å². The average molecular weight is 506 g/mol. The lowest BCUT2D eigenvalue weighted by atomic mass is 10.2. The predicted octanol–water partition coefficient (Wildman–Crippen LogP) is 1.19. The highest BCUT2D eigenvalue weighted by Gasteiger charge is 2.39. The van der Waals surface area contributed by atoms with E-state index in [-0.39, 0.29) is 35.9 Å². The van der Waals surface area contributed by atoms with E-state index in [9.17, 15) is 18.8 Å². The molecular formula is C24H24FN9O3. The van der Waals surface area contributed by atoms with Gasteiger partial charge in [0.15, 0.2) is 17.2 Å². The Balaban J connectivity index is 1.47. The van der Waals surface area contributed by atoms with Gasteiger partial charge in [-0.1, -0.05) is 0 Å². The zero-order valence-electron chi connectivity index (χ0n) is 20.0. The molecule has 37 heavy (non-hydrogen) atoms. The molecule has 0 radical (unpaired) electrons. The third-order valence-electron chi connectivity index (χ3n) is 5.91. The number of carbonyl (C=O) groups excluding carboxylic acids is 2. The molecule has 0 aromatic carbocycles. The molecule has 4 N–H and O–H groups in total. The standard InChI is InChI=1S/C24H24FN9O3/c1-26-17-11-19(32-34-18(12-29-22(17)34)23(36)31-16-10-14(16)25)30-15-4-3-7-33(24(15)37)20-8-13(5-6-28-20)9-21(35)27-2/h3-8,11-12,14,16,26H,9-10H2,1-2H3,(H,27,35)(H,30,32)(H,31,36)/t14-,16+/m0/s1. The van der Waals surface area contributed by atoms with Gasteiger partial charge in [0.2, 0.25) is 5.91 Å². The fourth-order valence-electron chi connectivity index (χ4n) is 3.81. The fourth-order valence-corrected chi connectivity index (χ4v) is 3.81. The Hall–Kier alpha value is -4.81. The van der Waals surface area contributed by atoms with Crippen molar-refractivity contribution in [2.24, 2.45) is 0 Å². The molecule has 13 heteroatoms. The zero-order valence-corrected chi connectivity index (χ0v) is 20.0. The smallest absolute Gasteiger partial charge is 0.279 e. The molecule has 4 aromatic rings. The van der Waals surface area contributed by atoms with Gasteiger partial charge in [-0.25, -0.2) is 18.9 Å². The van der Waals surface area contributed by atoms with Gasteiger partial charge < -0.3 is 21.3 Å². The van der Waals surface area contributed by atoms with Crippen LogP contribution in [0.25, 0.3) is 11.5 Å². The van der Waals surface area contributed by atoms with Gasteiger partial charge in [0.1, 0.15) is 17.7 Å². The number of alkyl halides is 1. The lowest BCUT2D eigenvalue weighted by Crippen LogP contribution is -2.28. The number of aromatic nitrogens is 5. The minimum atomic E-state index is -1.04. The molecule has 0 bridgehead atoms. The Kier molecular flexibility index (Phi) is 6.26. The van der Waals surface area contributed by atoms with E-state index in [0.717, 1.165) is 0 Å². The maximum absolute atomic E-state index is 13.3. The number of hydrogen-bond acceptors (Lipinski definition) is 8. The number of anilines is 3. The third-order valence-corrected chi connectivity index (χ3v) is 5.91. The number of pyridine rings is 2. The van der Waals surface area contributed by atoms with Crippen LogP contribution in [0, 0.1) is 0 Å². The van der Waals surface area contributed by atoms with Gasteiger partial charge in [-0.3, -0.25) is 19.0 Å². The summed E-state index contributed by atoms with van der Waals surface area (Å²) in [6.07, 6.45) is 3.87. The quantitative estimate of drug-likeness (QED) is 0.279. The summed E-state index contributed by atoms with van der Waals surface area (Å²) in [4.78, 5) is 46.2. The first kappa shape index (κ1) is 23.9. The molecule has 12 nitrogen and oxygen atoms in total. The lowest BCUT2D eigenvalue weighted by Gasteiger charge is -2.12. The van der Waals surface area contributed by atoms with Crippen LogP contribution in [0.5, 0.6) is 0 Å². The van der Waals surface area contributed by atoms with E-state index in [1.165, 1.54) is 21.5 Å². The number of fused-ring (bicyclic) bond motifs is 1. The van der Waals surface area contributed by atoms with Crippen molar-refractivity contribution in [3.8, 4) is 5.82 Å². The Morgan fingerprint density at radius 2 is 1.97 bits per heavy atom. The number of hydrogen-bond donors (Lipinski definition) is 4. The highest BCUT2D eigenvalue weighted by atomic mass is 19.1. The van der Waals surface area contributed by atoms with Crippen molar-refractivity contribution in [2.75, 3.05) is 24.7 Å². The molecule has 1 aliphatic carbocycles. The van der Waals surface area contributed by atoms with Gasteiger partial charge in [0.25, 0.3) is 11.5 Å². The molecule has 1 aliphatic rings. The SMILES string of the molecule is CNC(=O)Cc1ccnc(-n2cccc(Nc3cc(NC)c4ncc(C(=O)N[C@@H]5C[C@@H]5F)n4n3)c2=O)c1. The van der Waals surface area contributed by atoms with Gasteiger partial charge in [-0.2, -0.15) is 0 Å². The highest BCUT2D eigenvalue weighted by Crippen LogP contribution is 2.26. The van der Waals surface area contributed by atoms with Crippen molar-refractivity contribution in [2.45, 2.75) is 25.1 Å². The van der Waals surface area contributed by atoms with Gasteiger partial charge in [0.05, 0.1) is 24.3 Å². The summed E-state index contributed by atoms with van der Waals surface area (Å²) in [7, 11) is 3.25. The molecule has 2 atom stereocenters. The van der Waals surface area contributed by atoms with Crippen molar-refractivity contribution in [3.63, 3.8) is 0 Å². The normalized spacial score (nSPS) is 16.3. The molecule has 2 amide bonds. The maximum Gasteiger partial charge on any atom is 0.279 e. The van der Waals surface area contributed by atoms with Gasteiger partial charge in [0, 0.05) is 39.0 Å². The summed E-state index contributed by atoms with van der Waals surface area (Å²) >= 11 is 0. The first-order valence-corrected chi connectivity index (χ1v) is 11.5. The Morgan fingerprint density at radius 1 is 1.16 bits per heavy atom. The molecule has 0 unspecified atom stereocenters. The minimum absolute atomic E-state index is 0.136. The van der Waals surface area contributed by atoms with Crippen LogP contribution in [0.3, 0.4) is 0 Å². The average Bonchev–Trinajstić information content (AvgIpc) is 3.41. The number of imidazole rings is 1. The molecular weight excluding hydrogens is 481 g/mol.